The number of amides is 1. The van der Waals surface area contributed by atoms with Crippen LogP contribution in [0.15, 0.2) is 22.7 Å². The molecule has 1 aromatic carbocycles. The van der Waals surface area contributed by atoms with Crippen molar-refractivity contribution in [2.75, 3.05) is 6.61 Å². The molecule has 0 unspecified atom stereocenters. The first-order valence-corrected chi connectivity index (χ1v) is 6.95. The molecule has 0 radical (unpaired) electrons. The fraction of sp³-hybridized carbons (Fsp3) is 0.462. The summed E-state index contributed by atoms with van der Waals surface area (Å²) in [6.45, 7) is 5.08. The number of hydrogen-bond donors (Lipinski definition) is 2. The Kier molecular flexibility index (Phi) is 5.64. The first-order valence-electron chi connectivity index (χ1n) is 5.77. The molecule has 0 saturated carbocycles. The van der Waals surface area contributed by atoms with Gasteiger partial charge in [-0.15, -0.1) is 0 Å². The van der Waals surface area contributed by atoms with Crippen LogP contribution in [0.5, 0.6) is 0 Å². The van der Waals surface area contributed by atoms with E-state index in [-0.39, 0.29) is 6.61 Å². The van der Waals surface area contributed by atoms with Gasteiger partial charge in [0.25, 0.3) is 0 Å². The molecule has 0 aromatic heterocycles. The average Bonchev–Trinajstić information content (AvgIpc) is 2.21. The van der Waals surface area contributed by atoms with Crippen molar-refractivity contribution in [1.29, 1.82) is 0 Å². The van der Waals surface area contributed by atoms with Gasteiger partial charge in [0.2, 0.25) is 0 Å². The summed E-state index contributed by atoms with van der Waals surface area (Å²) in [7, 11) is 0. The summed E-state index contributed by atoms with van der Waals surface area (Å²) >= 11 is 9.25. The highest BCUT2D eigenvalue weighted by Crippen LogP contribution is 2.24. The number of benzene rings is 1. The third kappa shape index (κ3) is 5.80. The maximum Gasteiger partial charge on any atom is 0.408 e. The monoisotopic (exact) mass is 349 g/mol. The number of halogens is 2. The Labute approximate surface area is 126 Å². The quantitative estimate of drug-likeness (QED) is 0.874. The lowest BCUT2D eigenvalue weighted by Gasteiger charge is -2.23. The third-order valence-corrected chi connectivity index (χ3v) is 2.84. The molecule has 1 amide bonds. The van der Waals surface area contributed by atoms with Crippen LogP contribution in [-0.4, -0.2) is 23.4 Å². The average molecular weight is 351 g/mol. The zero-order valence-corrected chi connectivity index (χ0v) is 13.4. The summed E-state index contributed by atoms with van der Waals surface area (Å²) in [5.74, 6) is 0. The zero-order valence-electron chi connectivity index (χ0n) is 11.0. The van der Waals surface area contributed by atoms with Crippen molar-refractivity contribution in [3.05, 3.63) is 33.3 Å². The molecule has 0 heterocycles. The van der Waals surface area contributed by atoms with Crippen LogP contribution in [0.1, 0.15) is 32.4 Å². The largest absolute Gasteiger partial charge is 0.444 e. The van der Waals surface area contributed by atoms with Gasteiger partial charge in [-0.2, -0.15) is 0 Å². The van der Waals surface area contributed by atoms with Crippen molar-refractivity contribution in [3.8, 4) is 0 Å². The molecule has 0 aliphatic rings. The molecule has 1 rings (SSSR count). The maximum absolute atomic E-state index is 11.7. The second kappa shape index (κ2) is 6.59. The van der Waals surface area contributed by atoms with E-state index < -0.39 is 17.7 Å². The molecule has 19 heavy (non-hydrogen) atoms. The van der Waals surface area contributed by atoms with Gasteiger partial charge in [-0.3, -0.25) is 0 Å². The summed E-state index contributed by atoms with van der Waals surface area (Å²) in [5.41, 5.74) is 0.117. The van der Waals surface area contributed by atoms with E-state index >= 15 is 0 Å². The van der Waals surface area contributed by atoms with E-state index in [2.05, 4.69) is 21.2 Å². The van der Waals surface area contributed by atoms with E-state index in [9.17, 15) is 9.90 Å². The molecule has 4 nitrogen and oxygen atoms in total. The fourth-order valence-electron chi connectivity index (χ4n) is 1.46. The Morgan fingerprint density at radius 2 is 2.11 bits per heavy atom. The van der Waals surface area contributed by atoms with Crippen LogP contribution in [0.2, 0.25) is 5.02 Å². The Morgan fingerprint density at radius 1 is 1.47 bits per heavy atom. The fourth-order valence-corrected chi connectivity index (χ4v) is 2.35. The van der Waals surface area contributed by atoms with E-state index in [4.69, 9.17) is 16.3 Å². The molecule has 0 saturated heterocycles. The molecule has 0 fully saturated rings. The molecule has 2 N–H and O–H groups in total. The van der Waals surface area contributed by atoms with Gasteiger partial charge in [0.05, 0.1) is 12.6 Å². The predicted octanol–water partition coefficient (Wildman–Crippen LogP) is 3.66. The van der Waals surface area contributed by atoms with Crippen LogP contribution in [0.3, 0.4) is 0 Å². The lowest BCUT2D eigenvalue weighted by atomic mass is 10.1. The van der Waals surface area contributed by atoms with E-state index in [1.165, 1.54) is 0 Å². The van der Waals surface area contributed by atoms with Gasteiger partial charge in [-0.1, -0.05) is 27.5 Å². The van der Waals surface area contributed by atoms with Crippen molar-refractivity contribution in [2.24, 2.45) is 0 Å². The highest BCUT2D eigenvalue weighted by molar-refractivity contribution is 9.10. The van der Waals surface area contributed by atoms with Gasteiger partial charge in [0.1, 0.15) is 5.60 Å². The zero-order chi connectivity index (χ0) is 14.6. The van der Waals surface area contributed by atoms with Crippen molar-refractivity contribution < 1.29 is 14.6 Å². The van der Waals surface area contributed by atoms with Crippen molar-refractivity contribution in [2.45, 2.75) is 32.4 Å². The van der Waals surface area contributed by atoms with Crippen LogP contribution in [-0.2, 0) is 4.74 Å². The van der Waals surface area contributed by atoms with Gasteiger partial charge in [-0.25, -0.2) is 4.79 Å². The van der Waals surface area contributed by atoms with Gasteiger partial charge in [-0.05, 0) is 44.5 Å². The predicted molar refractivity (Wildman–Crippen MR) is 78.3 cm³/mol. The van der Waals surface area contributed by atoms with Crippen LogP contribution in [0, 0.1) is 0 Å². The van der Waals surface area contributed by atoms with E-state index in [0.29, 0.717) is 10.6 Å². The standard InChI is InChI=1S/C13H17BrClNO3/c1-13(2,3)19-12(18)16-11(7-17)8-4-9(14)6-10(15)5-8/h4-6,11,17H,7H2,1-3H3,(H,16,18)/t11-/m1/s1. The van der Waals surface area contributed by atoms with Gasteiger partial charge >= 0.3 is 6.09 Å². The lowest BCUT2D eigenvalue weighted by molar-refractivity contribution is 0.0482. The normalized spacial score (nSPS) is 12.9. The van der Waals surface area contributed by atoms with Crippen LogP contribution < -0.4 is 5.32 Å². The molecule has 0 aliphatic heterocycles. The lowest BCUT2D eigenvalue weighted by Crippen LogP contribution is -2.36. The molecule has 6 heteroatoms. The highest BCUT2D eigenvalue weighted by Gasteiger charge is 2.20. The summed E-state index contributed by atoms with van der Waals surface area (Å²) < 4.78 is 5.92. The number of nitrogens with one attached hydrogen (secondary N) is 1. The number of rotatable bonds is 3. The minimum absolute atomic E-state index is 0.244. The summed E-state index contributed by atoms with van der Waals surface area (Å²) in [4.78, 5) is 11.7. The van der Waals surface area contributed by atoms with Gasteiger partial charge in [0.15, 0.2) is 0 Å². The SMILES string of the molecule is CC(C)(C)OC(=O)N[C@H](CO)c1cc(Cl)cc(Br)c1. The summed E-state index contributed by atoms with van der Waals surface area (Å²) in [6, 6.07) is 4.63. The van der Waals surface area contributed by atoms with Crippen molar-refractivity contribution in [1.82, 2.24) is 5.32 Å². The van der Waals surface area contributed by atoms with E-state index in [0.717, 1.165) is 4.47 Å². The molecule has 1 atom stereocenters. The van der Waals surface area contributed by atoms with Crippen LogP contribution >= 0.6 is 27.5 Å². The molecule has 1 aromatic rings. The van der Waals surface area contributed by atoms with Crippen molar-refractivity contribution in [3.63, 3.8) is 0 Å². The first kappa shape index (κ1) is 16.3. The summed E-state index contributed by atoms with van der Waals surface area (Å²) in [6.07, 6.45) is -0.581. The Morgan fingerprint density at radius 3 is 2.58 bits per heavy atom. The van der Waals surface area contributed by atoms with Crippen LogP contribution in [0.25, 0.3) is 0 Å². The highest BCUT2D eigenvalue weighted by atomic mass is 79.9. The van der Waals surface area contributed by atoms with Gasteiger partial charge in [0, 0.05) is 9.50 Å². The topological polar surface area (TPSA) is 58.6 Å². The van der Waals surface area contributed by atoms with Gasteiger partial charge < -0.3 is 15.2 Å². The van der Waals surface area contributed by atoms with E-state index in [1.807, 2.05) is 0 Å². The number of hydrogen-bond acceptors (Lipinski definition) is 3. The number of carbonyl (C=O) groups excluding carboxylic acids is 1. The summed E-state index contributed by atoms with van der Waals surface area (Å²) in [5, 5.41) is 12.5. The molecular weight excluding hydrogens is 334 g/mol. The minimum atomic E-state index is -0.584. The number of carbonyl (C=O) groups is 1. The number of aliphatic hydroxyl groups is 1. The Hall–Kier alpha value is -0.780. The van der Waals surface area contributed by atoms with E-state index in [1.54, 1.807) is 39.0 Å². The Bertz CT molecular complexity index is 439. The smallest absolute Gasteiger partial charge is 0.408 e. The second-order valence-corrected chi connectivity index (χ2v) is 6.44. The molecular formula is C13H17BrClNO3. The minimum Gasteiger partial charge on any atom is -0.444 e. The molecule has 0 bridgehead atoms. The van der Waals surface area contributed by atoms with Crippen molar-refractivity contribution >= 4 is 33.6 Å². The molecule has 106 valence electrons. The molecule has 0 aliphatic carbocycles. The number of aliphatic hydroxyl groups excluding tert-OH is 1. The second-order valence-electron chi connectivity index (χ2n) is 5.08. The third-order valence-electron chi connectivity index (χ3n) is 2.16. The Balaban J connectivity index is 2.81. The molecule has 0 spiro atoms. The van der Waals surface area contributed by atoms with Crippen LogP contribution in [0.4, 0.5) is 4.79 Å². The number of alkyl carbamates (subject to hydrolysis) is 1. The first-order chi connectivity index (χ1) is 8.71. The number of ether oxygens (including phenoxy) is 1. The maximum atomic E-state index is 11.7.